The van der Waals surface area contributed by atoms with Crippen molar-refractivity contribution >= 4 is 45.9 Å². The zero-order valence-electron chi connectivity index (χ0n) is 15.3. The quantitative estimate of drug-likeness (QED) is 0.598. The van der Waals surface area contributed by atoms with Crippen LogP contribution in [0.5, 0.6) is 11.5 Å². The lowest BCUT2D eigenvalue weighted by Crippen LogP contribution is -2.15. The molecule has 0 fully saturated rings. The summed E-state index contributed by atoms with van der Waals surface area (Å²) in [4.78, 5) is 17.1. The number of nitrogens with one attached hydrogen (secondary N) is 1. The fourth-order valence-electron chi connectivity index (χ4n) is 3.00. The molecule has 0 unspecified atom stereocenters. The second-order valence-corrected chi connectivity index (χ2v) is 7.68. The van der Waals surface area contributed by atoms with Gasteiger partial charge in [-0.25, -0.2) is 4.98 Å². The maximum absolute atomic E-state index is 12.3. The van der Waals surface area contributed by atoms with Gasteiger partial charge >= 0.3 is 0 Å². The van der Waals surface area contributed by atoms with Gasteiger partial charge in [-0.1, -0.05) is 42.4 Å². The highest BCUT2D eigenvalue weighted by Crippen LogP contribution is 2.36. The predicted molar refractivity (Wildman–Crippen MR) is 113 cm³/mol. The lowest BCUT2D eigenvalue weighted by atomic mass is 10.1. The molecule has 0 atom stereocenters. The van der Waals surface area contributed by atoms with Gasteiger partial charge in [0.2, 0.25) is 5.91 Å². The van der Waals surface area contributed by atoms with E-state index in [1.807, 2.05) is 24.3 Å². The standard InChI is InChI=1S/C21H19ClN2O3S/c1-2-13-9-14-10-18-19(27-8-7-26-18)11-17(14)24-21(13)28-12-20(25)23-16-6-4-3-5-15(16)22/h3-6,9-11H,2,7-8,12H2,1H3,(H,23,25). The molecule has 0 aliphatic carbocycles. The van der Waals surface area contributed by atoms with Crippen LogP contribution in [0.15, 0.2) is 47.5 Å². The van der Waals surface area contributed by atoms with E-state index >= 15 is 0 Å². The van der Waals surface area contributed by atoms with Gasteiger partial charge in [0.05, 0.1) is 22.0 Å². The molecule has 0 spiro atoms. The van der Waals surface area contributed by atoms with E-state index in [9.17, 15) is 4.79 Å². The molecule has 1 amide bonds. The number of hydrogen-bond acceptors (Lipinski definition) is 5. The summed E-state index contributed by atoms with van der Waals surface area (Å²) in [5, 5.41) is 5.21. The summed E-state index contributed by atoms with van der Waals surface area (Å²) >= 11 is 7.52. The molecule has 1 N–H and O–H groups in total. The SMILES string of the molecule is CCc1cc2cc3c(cc2nc1SCC(=O)Nc1ccccc1Cl)OCCO3. The summed E-state index contributed by atoms with van der Waals surface area (Å²) in [6.07, 6.45) is 0.825. The molecule has 0 saturated heterocycles. The summed E-state index contributed by atoms with van der Waals surface area (Å²) < 4.78 is 11.3. The van der Waals surface area contributed by atoms with E-state index in [-0.39, 0.29) is 11.7 Å². The van der Waals surface area contributed by atoms with Crippen LogP contribution in [0.2, 0.25) is 5.02 Å². The number of carbonyl (C=O) groups is 1. The topological polar surface area (TPSA) is 60.5 Å². The number of anilines is 1. The molecule has 1 aliphatic rings. The van der Waals surface area contributed by atoms with Crippen LogP contribution in [-0.4, -0.2) is 29.9 Å². The number of amides is 1. The first-order valence-electron chi connectivity index (χ1n) is 9.04. The maximum Gasteiger partial charge on any atom is 0.234 e. The van der Waals surface area contributed by atoms with Crippen molar-refractivity contribution in [3.8, 4) is 11.5 Å². The Balaban J connectivity index is 1.54. The monoisotopic (exact) mass is 414 g/mol. The van der Waals surface area contributed by atoms with Crippen LogP contribution in [0.4, 0.5) is 5.69 Å². The third-order valence-corrected chi connectivity index (χ3v) is 5.75. The summed E-state index contributed by atoms with van der Waals surface area (Å²) in [7, 11) is 0. The largest absolute Gasteiger partial charge is 0.486 e. The molecule has 2 aromatic carbocycles. The first-order chi connectivity index (χ1) is 13.6. The lowest BCUT2D eigenvalue weighted by Gasteiger charge is -2.19. The van der Waals surface area contributed by atoms with Crippen molar-refractivity contribution in [3.63, 3.8) is 0 Å². The number of fused-ring (bicyclic) bond motifs is 2. The summed E-state index contributed by atoms with van der Waals surface area (Å²) in [6, 6.07) is 13.2. The average molecular weight is 415 g/mol. The summed E-state index contributed by atoms with van der Waals surface area (Å²) in [5.74, 6) is 1.59. The van der Waals surface area contributed by atoms with Crippen molar-refractivity contribution in [2.45, 2.75) is 18.4 Å². The minimum Gasteiger partial charge on any atom is -0.486 e. The van der Waals surface area contributed by atoms with E-state index in [2.05, 4.69) is 18.3 Å². The van der Waals surface area contributed by atoms with Crippen LogP contribution in [0, 0.1) is 0 Å². The van der Waals surface area contributed by atoms with Crippen LogP contribution in [-0.2, 0) is 11.2 Å². The highest BCUT2D eigenvalue weighted by molar-refractivity contribution is 8.00. The third kappa shape index (κ3) is 4.03. The zero-order chi connectivity index (χ0) is 19.5. The van der Waals surface area contributed by atoms with Gasteiger partial charge < -0.3 is 14.8 Å². The maximum atomic E-state index is 12.3. The predicted octanol–water partition coefficient (Wildman–Crippen LogP) is 4.95. The number of aryl methyl sites for hydroxylation is 1. The molecular formula is C21H19ClN2O3S. The molecule has 0 saturated carbocycles. The fraction of sp³-hybridized carbons (Fsp3) is 0.238. The van der Waals surface area contributed by atoms with Crippen molar-refractivity contribution in [1.82, 2.24) is 4.98 Å². The number of carbonyl (C=O) groups excluding carboxylic acids is 1. The molecule has 0 radical (unpaired) electrons. The second kappa shape index (κ2) is 8.29. The first-order valence-corrected chi connectivity index (χ1v) is 10.4. The van der Waals surface area contributed by atoms with Gasteiger partial charge in [-0.05, 0) is 36.2 Å². The van der Waals surface area contributed by atoms with Crippen LogP contribution in [0.3, 0.4) is 0 Å². The molecule has 5 nitrogen and oxygen atoms in total. The van der Waals surface area contributed by atoms with Gasteiger partial charge in [-0.3, -0.25) is 4.79 Å². The number of thioether (sulfide) groups is 1. The van der Waals surface area contributed by atoms with Gasteiger partial charge in [0, 0.05) is 11.5 Å². The van der Waals surface area contributed by atoms with Gasteiger partial charge in [0.1, 0.15) is 18.2 Å². The van der Waals surface area contributed by atoms with Gasteiger partial charge in [0.25, 0.3) is 0 Å². The van der Waals surface area contributed by atoms with Crippen LogP contribution < -0.4 is 14.8 Å². The summed E-state index contributed by atoms with van der Waals surface area (Å²) in [6.45, 7) is 3.17. The Morgan fingerprint density at radius 1 is 1.18 bits per heavy atom. The van der Waals surface area contributed by atoms with Crippen LogP contribution in [0.1, 0.15) is 12.5 Å². The molecule has 1 aromatic heterocycles. The minimum atomic E-state index is -0.121. The Hall–Kier alpha value is -2.44. The number of aromatic nitrogens is 1. The van der Waals surface area contributed by atoms with E-state index in [1.165, 1.54) is 11.8 Å². The smallest absolute Gasteiger partial charge is 0.234 e. The molecular weight excluding hydrogens is 396 g/mol. The number of nitrogens with zero attached hydrogens (tertiary/aromatic N) is 1. The number of pyridine rings is 1. The Morgan fingerprint density at radius 2 is 1.93 bits per heavy atom. The number of halogens is 1. The molecule has 3 aromatic rings. The van der Waals surface area contributed by atoms with Crippen molar-refractivity contribution in [3.05, 3.63) is 53.1 Å². The number of rotatable bonds is 5. The lowest BCUT2D eigenvalue weighted by molar-refractivity contribution is -0.113. The Labute approximate surface area is 172 Å². The molecule has 7 heteroatoms. The highest BCUT2D eigenvalue weighted by Gasteiger charge is 2.16. The average Bonchev–Trinajstić information content (AvgIpc) is 2.71. The number of hydrogen-bond donors (Lipinski definition) is 1. The van der Waals surface area contributed by atoms with Crippen molar-refractivity contribution in [2.24, 2.45) is 0 Å². The van der Waals surface area contributed by atoms with Gasteiger partial charge in [-0.15, -0.1) is 0 Å². The molecule has 1 aliphatic heterocycles. The van der Waals surface area contributed by atoms with Gasteiger partial charge in [0.15, 0.2) is 11.5 Å². The van der Waals surface area contributed by atoms with E-state index in [4.69, 9.17) is 26.1 Å². The Bertz CT molecular complexity index is 1040. The molecule has 4 rings (SSSR count). The first kappa shape index (κ1) is 18.9. The van der Waals surface area contributed by atoms with Gasteiger partial charge in [-0.2, -0.15) is 0 Å². The van der Waals surface area contributed by atoms with Crippen LogP contribution in [0.25, 0.3) is 10.9 Å². The highest BCUT2D eigenvalue weighted by atomic mass is 35.5. The fourth-order valence-corrected chi connectivity index (χ4v) is 4.07. The molecule has 28 heavy (non-hydrogen) atoms. The Kier molecular flexibility index (Phi) is 5.59. The van der Waals surface area contributed by atoms with Crippen molar-refractivity contribution < 1.29 is 14.3 Å². The number of benzene rings is 2. The van der Waals surface area contributed by atoms with E-state index in [0.717, 1.165) is 33.7 Å². The van der Waals surface area contributed by atoms with Crippen LogP contribution >= 0.6 is 23.4 Å². The zero-order valence-corrected chi connectivity index (χ0v) is 16.9. The third-order valence-electron chi connectivity index (χ3n) is 4.39. The van der Waals surface area contributed by atoms with Crippen molar-refractivity contribution in [1.29, 1.82) is 0 Å². The van der Waals surface area contributed by atoms with E-state index in [0.29, 0.717) is 29.7 Å². The van der Waals surface area contributed by atoms with E-state index in [1.54, 1.807) is 12.1 Å². The summed E-state index contributed by atoms with van der Waals surface area (Å²) in [5.41, 5.74) is 2.54. The molecule has 144 valence electrons. The normalized spacial score (nSPS) is 12.8. The number of ether oxygens (including phenoxy) is 2. The molecule has 0 bridgehead atoms. The second-order valence-electron chi connectivity index (χ2n) is 6.31. The Morgan fingerprint density at radius 3 is 2.68 bits per heavy atom. The number of para-hydroxylation sites is 1. The minimum absolute atomic E-state index is 0.121. The molecule has 2 heterocycles. The van der Waals surface area contributed by atoms with Crippen molar-refractivity contribution in [2.75, 3.05) is 24.3 Å². The van der Waals surface area contributed by atoms with E-state index < -0.39 is 0 Å².